The summed E-state index contributed by atoms with van der Waals surface area (Å²) in [5.74, 6) is -3.26. The van der Waals surface area contributed by atoms with Crippen molar-refractivity contribution in [2.45, 2.75) is 19.0 Å². The summed E-state index contributed by atoms with van der Waals surface area (Å²) < 4.78 is 51.6. The van der Waals surface area contributed by atoms with E-state index in [0.29, 0.717) is 11.3 Å². The van der Waals surface area contributed by atoms with Crippen LogP contribution in [0.2, 0.25) is 0 Å². The number of amides is 1. The molecule has 0 atom stereocenters. The number of carboxylic acid groups (broad SMARTS) is 1. The van der Waals surface area contributed by atoms with Crippen LogP contribution < -0.4 is 16.0 Å². The Bertz CT molecular complexity index is 1110. The largest absolute Gasteiger partial charge is 0.490 e. The van der Waals surface area contributed by atoms with Gasteiger partial charge in [0.15, 0.2) is 5.76 Å². The second-order valence-electron chi connectivity index (χ2n) is 7.52. The molecule has 2 aliphatic heterocycles. The average molecular weight is 481 g/mol. The normalized spacial score (nSPS) is 16.0. The van der Waals surface area contributed by atoms with E-state index in [2.05, 4.69) is 22.0 Å². The monoisotopic (exact) mass is 481 g/mol. The van der Waals surface area contributed by atoms with Gasteiger partial charge in [0, 0.05) is 29.9 Å². The lowest BCUT2D eigenvalue weighted by Crippen LogP contribution is -2.21. The highest BCUT2D eigenvalue weighted by Crippen LogP contribution is 2.26. The molecule has 4 N–H and O–H groups in total. The molecular weight excluding hydrogens is 458 g/mol. The fraction of sp³-hybridized carbons (Fsp3) is 0.304. The topological polar surface area (TPSA) is 104 Å². The molecule has 1 aromatic carbocycles. The molecule has 2 aromatic rings. The molecular formula is C23H23F4N3O4. The van der Waals surface area contributed by atoms with Crippen LogP contribution in [0, 0.1) is 5.82 Å². The summed E-state index contributed by atoms with van der Waals surface area (Å²) >= 11 is 0. The molecule has 3 heterocycles. The number of halogens is 4. The fourth-order valence-electron chi connectivity index (χ4n) is 3.42. The third kappa shape index (κ3) is 6.78. The zero-order chi connectivity index (χ0) is 24.7. The molecule has 182 valence electrons. The van der Waals surface area contributed by atoms with Crippen LogP contribution in [0.5, 0.6) is 0 Å². The van der Waals surface area contributed by atoms with Crippen molar-refractivity contribution in [1.29, 1.82) is 0 Å². The maximum atomic E-state index is 14.5. The molecule has 34 heavy (non-hydrogen) atoms. The SMILES string of the molecule is O=C(Nc1ccc(C2=CCNCC2)c(F)c1)c1cc(C2=CCNCC2)co1.O=C(O)C(F)(F)F. The van der Waals surface area contributed by atoms with Crippen molar-refractivity contribution < 1.29 is 36.7 Å². The van der Waals surface area contributed by atoms with Gasteiger partial charge in [0.25, 0.3) is 5.91 Å². The molecule has 0 spiro atoms. The third-order valence-electron chi connectivity index (χ3n) is 5.14. The number of hydrogen-bond donors (Lipinski definition) is 4. The summed E-state index contributed by atoms with van der Waals surface area (Å²) in [6, 6.07) is 6.53. The number of furan rings is 1. The smallest absolute Gasteiger partial charge is 0.475 e. The van der Waals surface area contributed by atoms with Gasteiger partial charge in [-0.05, 0) is 61.3 Å². The van der Waals surface area contributed by atoms with Crippen LogP contribution in [-0.4, -0.2) is 49.3 Å². The maximum absolute atomic E-state index is 14.5. The molecule has 0 unspecified atom stereocenters. The molecule has 2 aliphatic rings. The predicted octanol–water partition coefficient (Wildman–Crippen LogP) is 4.06. The van der Waals surface area contributed by atoms with E-state index >= 15 is 0 Å². The van der Waals surface area contributed by atoms with Crippen LogP contribution in [0.3, 0.4) is 0 Å². The fourth-order valence-corrected chi connectivity index (χ4v) is 3.42. The first-order valence-electron chi connectivity index (χ1n) is 10.4. The van der Waals surface area contributed by atoms with Gasteiger partial charge >= 0.3 is 12.1 Å². The van der Waals surface area contributed by atoms with Gasteiger partial charge in [-0.2, -0.15) is 13.2 Å². The van der Waals surface area contributed by atoms with Crippen LogP contribution in [0.4, 0.5) is 23.2 Å². The number of anilines is 1. The van der Waals surface area contributed by atoms with E-state index in [1.54, 1.807) is 24.5 Å². The number of rotatable bonds is 4. The highest BCUT2D eigenvalue weighted by Gasteiger charge is 2.38. The van der Waals surface area contributed by atoms with Gasteiger partial charge in [-0.3, -0.25) is 4.79 Å². The molecule has 11 heteroatoms. The van der Waals surface area contributed by atoms with Crippen LogP contribution in [0.1, 0.15) is 34.5 Å². The average Bonchev–Trinajstić information content (AvgIpc) is 3.31. The number of nitrogens with one attached hydrogen (secondary N) is 3. The lowest BCUT2D eigenvalue weighted by Gasteiger charge is -2.15. The number of hydrogen-bond acceptors (Lipinski definition) is 5. The predicted molar refractivity (Wildman–Crippen MR) is 118 cm³/mol. The highest BCUT2D eigenvalue weighted by atomic mass is 19.4. The molecule has 0 saturated heterocycles. The van der Waals surface area contributed by atoms with Crippen LogP contribution >= 0.6 is 0 Å². The number of carbonyl (C=O) groups is 2. The molecule has 0 radical (unpaired) electrons. The Hall–Kier alpha value is -3.44. The summed E-state index contributed by atoms with van der Waals surface area (Å²) in [7, 11) is 0. The molecule has 1 amide bonds. The van der Waals surface area contributed by atoms with Gasteiger partial charge in [-0.1, -0.05) is 12.2 Å². The summed E-state index contributed by atoms with van der Waals surface area (Å²) in [5, 5.41) is 16.3. The van der Waals surface area contributed by atoms with Gasteiger partial charge in [-0.25, -0.2) is 9.18 Å². The first-order valence-corrected chi connectivity index (χ1v) is 10.4. The van der Waals surface area contributed by atoms with Gasteiger partial charge < -0.3 is 25.5 Å². The van der Waals surface area contributed by atoms with Gasteiger partial charge in [-0.15, -0.1) is 0 Å². The van der Waals surface area contributed by atoms with Gasteiger partial charge in [0.2, 0.25) is 0 Å². The highest BCUT2D eigenvalue weighted by molar-refractivity contribution is 6.02. The Kier molecular flexibility index (Phi) is 8.24. The van der Waals surface area contributed by atoms with Crippen molar-refractivity contribution in [2.24, 2.45) is 0 Å². The lowest BCUT2D eigenvalue weighted by atomic mass is 9.99. The Morgan fingerprint density at radius 2 is 1.62 bits per heavy atom. The minimum atomic E-state index is -5.08. The summed E-state index contributed by atoms with van der Waals surface area (Å²) in [6.07, 6.45) is 2.31. The van der Waals surface area contributed by atoms with E-state index < -0.39 is 12.1 Å². The Morgan fingerprint density at radius 3 is 2.15 bits per heavy atom. The Labute approximate surface area is 192 Å². The van der Waals surface area contributed by atoms with Crippen molar-refractivity contribution in [2.75, 3.05) is 31.5 Å². The summed E-state index contributed by atoms with van der Waals surface area (Å²) in [6.45, 7) is 3.33. The van der Waals surface area contributed by atoms with E-state index in [9.17, 15) is 22.4 Å². The molecule has 0 aliphatic carbocycles. The first-order chi connectivity index (χ1) is 16.1. The van der Waals surface area contributed by atoms with Crippen LogP contribution in [0.25, 0.3) is 11.1 Å². The quantitative estimate of drug-likeness (QED) is 0.492. The maximum Gasteiger partial charge on any atom is 0.490 e. The van der Waals surface area contributed by atoms with E-state index in [-0.39, 0.29) is 17.5 Å². The number of carboxylic acids is 1. The molecule has 4 rings (SSSR count). The zero-order valence-corrected chi connectivity index (χ0v) is 18.0. The van der Waals surface area contributed by atoms with Crippen LogP contribution in [-0.2, 0) is 4.79 Å². The van der Waals surface area contributed by atoms with Crippen molar-refractivity contribution in [1.82, 2.24) is 10.6 Å². The number of benzene rings is 1. The molecule has 1 aromatic heterocycles. The van der Waals surface area contributed by atoms with Crippen LogP contribution in [0.15, 0.2) is 47.1 Å². The molecule has 0 bridgehead atoms. The van der Waals surface area contributed by atoms with Gasteiger partial charge in [0.05, 0.1) is 6.26 Å². The molecule has 7 nitrogen and oxygen atoms in total. The first kappa shape index (κ1) is 25.2. The second-order valence-corrected chi connectivity index (χ2v) is 7.52. The van der Waals surface area contributed by atoms with E-state index in [1.165, 1.54) is 11.6 Å². The van der Waals surface area contributed by atoms with Crippen molar-refractivity contribution in [3.8, 4) is 0 Å². The molecule has 0 fully saturated rings. The van der Waals surface area contributed by atoms with E-state index in [4.69, 9.17) is 14.3 Å². The zero-order valence-electron chi connectivity index (χ0n) is 18.0. The van der Waals surface area contributed by atoms with E-state index in [1.807, 2.05) is 6.08 Å². The summed E-state index contributed by atoms with van der Waals surface area (Å²) in [4.78, 5) is 21.3. The van der Waals surface area contributed by atoms with Gasteiger partial charge in [0.1, 0.15) is 5.82 Å². The third-order valence-corrected chi connectivity index (χ3v) is 5.14. The number of carbonyl (C=O) groups excluding carboxylic acids is 1. The minimum absolute atomic E-state index is 0.218. The van der Waals surface area contributed by atoms with Crippen molar-refractivity contribution in [3.05, 3.63) is 65.4 Å². The Balaban J connectivity index is 0.000000406. The second kappa shape index (κ2) is 11.1. The number of aliphatic carboxylic acids is 1. The Morgan fingerprint density at radius 1 is 1.00 bits per heavy atom. The lowest BCUT2D eigenvalue weighted by molar-refractivity contribution is -0.192. The van der Waals surface area contributed by atoms with Crippen molar-refractivity contribution in [3.63, 3.8) is 0 Å². The number of alkyl halides is 3. The van der Waals surface area contributed by atoms with Crippen molar-refractivity contribution >= 4 is 28.7 Å². The summed E-state index contributed by atoms with van der Waals surface area (Å²) in [5.41, 5.74) is 4.08. The van der Waals surface area contributed by atoms with E-state index in [0.717, 1.165) is 50.2 Å². The minimum Gasteiger partial charge on any atom is -0.475 e. The standard InChI is InChI=1S/C21H22FN3O2.C2HF3O2/c22-19-12-17(1-2-18(19)15-5-9-24-10-6-15)25-21(26)20-11-16(13-27-20)14-3-7-23-8-4-14;3-2(4,5)1(6)7/h1-3,5,11-13,23-24H,4,6-10H2,(H,25,26);(H,6,7). The molecule has 0 saturated carbocycles.